The molecule has 6 nitrogen and oxygen atoms in total. The van der Waals surface area contributed by atoms with Crippen LogP contribution in [0.1, 0.15) is 6.42 Å². The highest BCUT2D eigenvalue weighted by Crippen LogP contribution is 2.48. The maximum absolute atomic E-state index is 11.6. The van der Waals surface area contributed by atoms with E-state index in [9.17, 15) is 19.2 Å². The summed E-state index contributed by atoms with van der Waals surface area (Å²) in [6, 6.07) is 0. The van der Waals surface area contributed by atoms with E-state index in [1.165, 1.54) is 0 Å². The van der Waals surface area contributed by atoms with Crippen LogP contribution in [0.4, 0.5) is 0 Å². The minimum Gasteiger partial charge on any atom is -0.457 e. The number of carbonyl (C=O) groups excluding carboxylic acids is 4. The zero-order valence-corrected chi connectivity index (χ0v) is 8.17. The summed E-state index contributed by atoms with van der Waals surface area (Å²) in [5, 5.41) is 0. The van der Waals surface area contributed by atoms with Crippen molar-refractivity contribution in [3.05, 3.63) is 0 Å². The Hall–Kier alpha value is -1.72. The van der Waals surface area contributed by atoms with Gasteiger partial charge in [-0.3, -0.25) is 19.2 Å². The van der Waals surface area contributed by atoms with Gasteiger partial charge in [0.05, 0.1) is 17.8 Å². The molecule has 0 aromatic rings. The zero-order chi connectivity index (χ0) is 11.4. The molecule has 0 radical (unpaired) electrons. The number of rotatable bonds is 0. The van der Waals surface area contributed by atoms with E-state index in [0.717, 1.165) is 0 Å². The molecule has 3 aliphatic rings. The second-order valence-electron chi connectivity index (χ2n) is 4.31. The van der Waals surface area contributed by atoms with E-state index in [-0.39, 0.29) is 18.8 Å². The molecule has 3 rings (SSSR count). The molecular weight excluding hydrogens is 216 g/mol. The summed E-state index contributed by atoms with van der Waals surface area (Å²) in [5.74, 6) is -5.11. The molecule has 4 atom stereocenters. The quantitative estimate of drug-likeness (QED) is 0.390. The van der Waals surface area contributed by atoms with E-state index in [0.29, 0.717) is 0 Å². The Morgan fingerprint density at radius 1 is 0.875 bits per heavy atom. The van der Waals surface area contributed by atoms with Crippen LogP contribution >= 0.6 is 0 Å². The predicted molar refractivity (Wildman–Crippen MR) is 45.6 cm³/mol. The summed E-state index contributed by atoms with van der Waals surface area (Å²) in [7, 11) is 0. The Morgan fingerprint density at radius 3 is 2.19 bits per heavy atom. The molecule has 0 aromatic carbocycles. The summed E-state index contributed by atoms with van der Waals surface area (Å²) in [4.78, 5) is 46.0. The lowest BCUT2D eigenvalue weighted by Gasteiger charge is -2.24. The summed E-state index contributed by atoms with van der Waals surface area (Å²) >= 11 is 0. The summed E-state index contributed by atoms with van der Waals surface area (Å²) in [6.07, 6.45) is 0.230. The van der Waals surface area contributed by atoms with E-state index in [4.69, 9.17) is 0 Å². The molecule has 4 unspecified atom stereocenters. The maximum Gasteiger partial charge on any atom is 0.317 e. The van der Waals surface area contributed by atoms with Crippen LogP contribution < -0.4 is 0 Å². The third-order valence-electron chi connectivity index (χ3n) is 3.57. The molecule has 3 fully saturated rings. The third-order valence-corrected chi connectivity index (χ3v) is 3.57. The number of carbonyl (C=O) groups is 4. The van der Waals surface area contributed by atoms with Crippen LogP contribution in [0.25, 0.3) is 0 Å². The molecule has 16 heavy (non-hydrogen) atoms. The number of cyclic esters (lactones) is 3. The standard InChI is InChI=1S/C10H8O6/c11-5-2-15-10(14)7-4-1-3(6(5)7)8(12)16-9(4)13/h3-4,6-7H,1-2H2. The molecule has 0 spiro atoms. The van der Waals surface area contributed by atoms with Crippen LogP contribution in [0.15, 0.2) is 0 Å². The lowest BCUT2D eigenvalue weighted by molar-refractivity contribution is -0.170. The highest BCUT2D eigenvalue weighted by molar-refractivity contribution is 6.03. The van der Waals surface area contributed by atoms with Gasteiger partial charge in [0.2, 0.25) is 0 Å². The average Bonchev–Trinajstić information content (AvgIpc) is 2.59. The Kier molecular flexibility index (Phi) is 1.72. The number of ketones is 1. The van der Waals surface area contributed by atoms with Crippen molar-refractivity contribution < 1.29 is 28.7 Å². The summed E-state index contributed by atoms with van der Waals surface area (Å²) < 4.78 is 9.21. The van der Waals surface area contributed by atoms with Crippen molar-refractivity contribution in [2.45, 2.75) is 6.42 Å². The van der Waals surface area contributed by atoms with Crippen LogP contribution in [-0.4, -0.2) is 30.3 Å². The Balaban J connectivity index is 2.06. The monoisotopic (exact) mass is 224 g/mol. The van der Waals surface area contributed by atoms with E-state index < -0.39 is 41.6 Å². The van der Waals surface area contributed by atoms with Crippen LogP contribution in [0.2, 0.25) is 0 Å². The fraction of sp³-hybridized carbons (Fsp3) is 0.600. The molecule has 2 saturated heterocycles. The minimum atomic E-state index is -0.815. The Labute approximate surface area is 89.9 Å². The van der Waals surface area contributed by atoms with Gasteiger partial charge in [0, 0.05) is 5.92 Å². The van der Waals surface area contributed by atoms with Gasteiger partial charge in [-0.2, -0.15) is 0 Å². The molecule has 2 bridgehead atoms. The van der Waals surface area contributed by atoms with Crippen molar-refractivity contribution in [2.75, 3.05) is 6.61 Å². The topological polar surface area (TPSA) is 86.7 Å². The molecule has 1 saturated carbocycles. The van der Waals surface area contributed by atoms with Crippen LogP contribution in [0.5, 0.6) is 0 Å². The average molecular weight is 224 g/mol. The van der Waals surface area contributed by atoms with Gasteiger partial charge in [-0.1, -0.05) is 0 Å². The zero-order valence-electron chi connectivity index (χ0n) is 8.17. The first kappa shape index (κ1) is 9.50. The van der Waals surface area contributed by atoms with E-state index in [2.05, 4.69) is 9.47 Å². The molecule has 0 aromatic heterocycles. The molecule has 0 amide bonds. The van der Waals surface area contributed by atoms with Gasteiger partial charge in [0.15, 0.2) is 5.78 Å². The van der Waals surface area contributed by atoms with Gasteiger partial charge in [-0.15, -0.1) is 0 Å². The summed E-state index contributed by atoms with van der Waals surface area (Å²) in [6.45, 7) is -0.301. The fourth-order valence-electron chi connectivity index (χ4n) is 2.87. The smallest absolute Gasteiger partial charge is 0.317 e. The van der Waals surface area contributed by atoms with Gasteiger partial charge in [0.1, 0.15) is 6.61 Å². The first-order valence-corrected chi connectivity index (χ1v) is 5.04. The second kappa shape index (κ2) is 2.90. The number of hydrogen-bond acceptors (Lipinski definition) is 6. The van der Waals surface area contributed by atoms with Crippen molar-refractivity contribution in [1.82, 2.24) is 0 Å². The van der Waals surface area contributed by atoms with Crippen molar-refractivity contribution in [2.24, 2.45) is 23.7 Å². The molecule has 6 heteroatoms. The number of hydrogen-bond donors (Lipinski definition) is 0. The molecule has 2 aliphatic heterocycles. The minimum absolute atomic E-state index is 0.230. The van der Waals surface area contributed by atoms with Gasteiger partial charge >= 0.3 is 17.9 Å². The second-order valence-corrected chi connectivity index (χ2v) is 4.31. The molecule has 0 N–H and O–H groups in total. The first-order valence-electron chi connectivity index (χ1n) is 5.04. The van der Waals surface area contributed by atoms with E-state index in [1.54, 1.807) is 0 Å². The molecule has 1 aliphatic carbocycles. The normalized spacial score (nSPS) is 41.5. The van der Waals surface area contributed by atoms with E-state index in [1.807, 2.05) is 0 Å². The SMILES string of the molecule is O=C1OC(=O)C2CC1C1C(=O)COC(=O)C21. The number of ether oxygens (including phenoxy) is 2. The maximum atomic E-state index is 11.6. The van der Waals surface area contributed by atoms with Gasteiger partial charge in [-0.05, 0) is 6.42 Å². The molecule has 2 heterocycles. The highest BCUT2D eigenvalue weighted by Gasteiger charge is 2.62. The Bertz CT molecular complexity index is 387. The van der Waals surface area contributed by atoms with Gasteiger partial charge < -0.3 is 9.47 Å². The van der Waals surface area contributed by atoms with Crippen LogP contribution in [0.3, 0.4) is 0 Å². The summed E-state index contributed by atoms with van der Waals surface area (Å²) in [5.41, 5.74) is 0. The van der Waals surface area contributed by atoms with Crippen molar-refractivity contribution in [3.8, 4) is 0 Å². The van der Waals surface area contributed by atoms with Gasteiger partial charge in [-0.25, -0.2) is 0 Å². The van der Waals surface area contributed by atoms with Gasteiger partial charge in [0.25, 0.3) is 0 Å². The van der Waals surface area contributed by atoms with Crippen molar-refractivity contribution in [1.29, 1.82) is 0 Å². The van der Waals surface area contributed by atoms with Crippen LogP contribution in [0, 0.1) is 23.7 Å². The first-order chi connectivity index (χ1) is 7.59. The Morgan fingerprint density at radius 2 is 1.50 bits per heavy atom. The largest absolute Gasteiger partial charge is 0.457 e. The number of fused-ring (bicyclic) bond motifs is 5. The fourth-order valence-corrected chi connectivity index (χ4v) is 2.87. The van der Waals surface area contributed by atoms with E-state index >= 15 is 0 Å². The van der Waals surface area contributed by atoms with Crippen molar-refractivity contribution >= 4 is 23.7 Å². The number of esters is 3. The van der Waals surface area contributed by atoms with Crippen molar-refractivity contribution in [3.63, 3.8) is 0 Å². The predicted octanol–water partition coefficient (Wildman–Crippen LogP) is -0.936. The lowest BCUT2D eigenvalue weighted by atomic mass is 9.83. The lowest BCUT2D eigenvalue weighted by Crippen LogP contribution is -2.41. The third kappa shape index (κ3) is 1.01. The van der Waals surface area contributed by atoms with Crippen LogP contribution in [-0.2, 0) is 28.7 Å². The molecule has 84 valence electrons. The number of Topliss-reactive ketones (excluding diaryl/α,β-unsaturated/α-hetero) is 1. The molecular formula is C10H8O6. The highest BCUT2D eigenvalue weighted by atomic mass is 16.6.